The highest BCUT2D eigenvalue weighted by atomic mass is 14.3. The molecule has 17 aromatic rings. The zero-order valence-electron chi connectivity index (χ0n) is 39.9. The van der Waals surface area contributed by atoms with Gasteiger partial charge in [-0.3, -0.25) is 0 Å². The van der Waals surface area contributed by atoms with Crippen molar-refractivity contribution < 1.29 is 0 Å². The van der Waals surface area contributed by atoms with E-state index in [1.54, 1.807) is 0 Å². The molecule has 0 saturated heterocycles. The van der Waals surface area contributed by atoms with Crippen LogP contribution >= 0.6 is 0 Å². The highest BCUT2D eigenvalue weighted by Crippen LogP contribution is 2.60. The first-order valence-electron chi connectivity index (χ1n) is 26.0. The van der Waals surface area contributed by atoms with Gasteiger partial charge in [0, 0.05) is 0 Å². The molecule has 0 nitrogen and oxygen atoms in total. The van der Waals surface area contributed by atoms with Gasteiger partial charge < -0.3 is 0 Å². The minimum atomic E-state index is 1.00. The van der Waals surface area contributed by atoms with Crippen LogP contribution < -0.4 is 0 Å². The highest BCUT2D eigenvalue weighted by molar-refractivity contribution is 6.51. The van der Waals surface area contributed by atoms with Crippen molar-refractivity contribution in [1.82, 2.24) is 0 Å². The number of hydrogen-bond acceptors (Lipinski definition) is 0. The maximum atomic E-state index is 2.48. The minimum absolute atomic E-state index is 1.00. The molecule has 0 heterocycles. The van der Waals surface area contributed by atoms with E-state index in [1.165, 1.54) is 196 Å². The van der Waals surface area contributed by atoms with Gasteiger partial charge in [0.2, 0.25) is 0 Å². The lowest BCUT2D eigenvalue weighted by Gasteiger charge is -2.20. The lowest BCUT2D eigenvalue weighted by Crippen LogP contribution is -1.96. The molecule has 0 amide bonds. The van der Waals surface area contributed by atoms with Gasteiger partial charge in [-0.1, -0.05) is 208 Å². The summed E-state index contributed by atoms with van der Waals surface area (Å²) in [6.45, 7) is 4.68. The lowest BCUT2D eigenvalue weighted by molar-refractivity contribution is 1.14. The number of hydrogen-bond donors (Lipinski definition) is 0. The third-order valence-corrected chi connectivity index (χ3v) is 17.9. The van der Waals surface area contributed by atoms with E-state index in [-0.39, 0.29) is 0 Å². The Kier molecular flexibility index (Phi) is 6.92. The lowest BCUT2D eigenvalue weighted by atomic mass is 9.83. The van der Waals surface area contributed by atoms with Crippen LogP contribution in [0.5, 0.6) is 0 Å². The van der Waals surface area contributed by atoms with Crippen LogP contribution in [-0.4, -0.2) is 0 Å². The van der Waals surface area contributed by atoms with Gasteiger partial charge in [0.25, 0.3) is 0 Å². The fourth-order valence-electron chi connectivity index (χ4n) is 15.4. The molecule has 72 heavy (non-hydrogen) atoms. The van der Waals surface area contributed by atoms with Gasteiger partial charge >= 0.3 is 0 Å². The van der Waals surface area contributed by atoms with E-state index < -0.39 is 0 Å². The van der Waals surface area contributed by atoms with Crippen LogP contribution in [0, 0.1) is 0 Å². The van der Waals surface area contributed by atoms with E-state index >= 15 is 0 Å². The Morgan fingerprint density at radius 3 is 0.903 bits per heavy atom. The van der Waals surface area contributed by atoms with Gasteiger partial charge in [0.05, 0.1) is 0 Å². The molecule has 0 bridgehead atoms. The first kappa shape index (κ1) is 38.0. The summed E-state index contributed by atoms with van der Waals surface area (Å²) in [4.78, 5) is 0. The maximum Gasteiger partial charge on any atom is -0.000717 e. The summed E-state index contributed by atoms with van der Waals surface area (Å²) in [5.74, 6) is 0. The van der Waals surface area contributed by atoms with E-state index in [0.29, 0.717) is 0 Å². The summed E-state index contributed by atoms with van der Waals surface area (Å²) in [6, 6.07) is 75.1. The van der Waals surface area contributed by atoms with Crippen molar-refractivity contribution >= 4 is 140 Å². The molecule has 0 saturated carbocycles. The molecule has 17 aromatic carbocycles. The highest BCUT2D eigenvalue weighted by Gasteiger charge is 2.32. The van der Waals surface area contributed by atoms with Crippen LogP contribution in [0.25, 0.3) is 185 Å². The number of aryl methyl sites for hydroxylation is 2. The van der Waals surface area contributed by atoms with Crippen LogP contribution in [0.2, 0.25) is 0 Å². The molecule has 330 valence electrons. The molecule has 0 atom stereocenters. The molecule has 0 radical (unpaired) electrons. The molecule has 0 aromatic heterocycles. The van der Waals surface area contributed by atoms with Gasteiger partial charge in [0.1, 0.15) is 0 Å². The zero-order valence-corrected chi connectivity index (χ0v) is 39.9. The third-order valence-electron chi connectivity index (χ3n) is 17.9. The molecular weight excluding hydrogens is 865 g/mol. The first-order valence-corrected chi connectivity index (χ1v) is 26.0. The molecule has 0 fully saturated rings. The van der Waals surface area contributed by atoms with E-state index in [9.17, 15) is 0 Å². The van der Waals surface area contributed by atoms with Gasteiger partial charge in [-0.15, -0.1) is 0 Å². The predicted molar refractivity (Wildman–Crippen MR) is 313 cm³/mol. The van der Waals surface area contributed by atoms with E-state index in [4.69, 9.17) is 0 Å². The summed E-state index contributed by atoms with van der Waals surface area (Å²) in [5, 5.41) is 35.3. The smallest absolute Gasteiger partial charge is 0.000717 e. The fraction of sp³-hybridized carbons (Fsp3) is 0.0556. The first-order chi connectivity index (χ1) is 35.7. The summed E-state index contributed by atoms with van der Waals surface area (Å²) >= 11 is 0. The Morgan fingerprint density at radius 2 is 0.514 bits per heavy atom. The average molecular weight is 907 g/mol. The molecule has 0 spiro atoms. The van der Waals surface area contributed by atoms with Crippen LogP contribution in [0.4, 0.5) is 0 Å². The summed E-state index contributed by atoms with van der Waals surface area (Å²) in [5.41, 5.74) is 13.9. The number of fused-ring (bicyclic) bond motifs is 14. The Bertz CT molecular complexity index is 4940. The van der Waals surface area contributed by atoms with Gasteiger partial charge in [-0.2, -0.15) is 0 Å². The molecule has 0 unspecified atom stereocenters. The Balaban J connectivity index is 0.989. The fourth-order valence-corrected chi connectivity index (χ4v) is 15.4. The van der Waals surface area contributed by atoms with E-state index in [0.717, 1.165) is 12.8 Å². The van der Waals surface area contributed by atoms with Crippen LogP contribution in [0.3, 0.4) is 0 Å². The van der Waals surface area contributed by atoms with E-state index in [1.807, 2.05) is 0 Å². The molecule has 0 heteroatoms. The van der Waals surface area contributed by atoms with Gasteiger partial charge in [0.15, 0.2) is 0 Å². The van der Waals surface area contributed by atoms with E-state index in [2.05, 4.69) is 208 Å². The quantitative estimate of drug-likeness (QED) is 0.122. The van der Waals surface area contributed by atoms with Crippen LogP contribution in [0.15, 0.2) is 194 Å². The summed E-state index contributed by atoms with van der Waals surface area (Å²) in [6.07, 6.45) is 2.01. The Hall–Kier alpha value is -8.84. The average Bonchev–Trinajstić information content (AvgIpc) is 4.09. The monoisotopic (exact) mass is 906 g/mol. The SMILES string of the molecule is CCc1c2c(c(CC)c3ccccc13)-c1ccc3c4ccc5c6ccc7c8c(-c9ccccc9)c9c%10cccc%11cccc(c9c(-c9ccccc9)c8c8ccc(c9ccc(c%12ccc-2c1c%123)c4c95)c6c87)c%11%10. The standard InChI is InChI=1S/C72H42/c1-3-40-42-21-11-12-22-43(42)41(4-2)62-55-34-30-49-45-26-28-47-51-32-36-57-68-56(35-31-50(66(51)68)46-27-25-44(63(45)64(46)47)48-29-33-54(61(40)62)67(55)65(48)49)71-59(38-15-7-5-8-16-38)69-52-23-13-19-37-20-14-24-53(58(37)52)70(69)60(72(57)71)39-17-9-6-10-18-39/h5-36H,3-4H2,1-2H3. The van der Waals surface area contributed by atoms with Crippen LogP contribution in [0.1, 0.15) is 25.0 Å². The second-order valence-corrected chi connectivity index (χ2v) is 20.9. The minimum Gasteiger partial charge on any atom is -0.0622 e. The topological polar surface area (TPSA) is 0 Å². The van der Waals surface area contributed by atoms with Crippen molar-refractivity contribution in [3.8, 4) is 44.5 Å². The normalized spacial score (nSPS) is 13.0. The summed E-state index contributed by atoms with van der Waals surface area (Å²) in [7, 11) is 0. The number of rotatable bonds is 4. The number of benzene rings is 15. The second kappa shape index (κ2) is 13.1. The van der Waals surface area contributed by atoms with Gasteiger partial charge in [-0.05, 0) is 209 Å². The molecular formula is C72H42. The molecule has 1 aliphatic carbocycles. The van der Waals surface area contributed by atoms with Crippen molar-refractivity contribution in [3.63, 3.8) is 0 Å². The molecule has 0 N–H and O–H groups in total. The van der Waals surface area contributed by atoms with Crippen molar-refractivity contribution in [2.24, 2.45) is 0 Å². The summed E-state index contributed by atoms with van der Waals surface area (Å²) < 4.78 is 0. The molecule has 18 rings (SSSR count). The predicted octanol–water partition coefficient (Wildman–Crippen LogP) is 20.5. The molecule has 1 aliphatic rings. The Morgan fingerprint density at radius 1 is 0.208 bits per heavy atom. The molecule has 0 aliphatic heterocycles. The Labute approximate surface area is 414 Å². The largest absolute Gasteiger partial charge is 0.0622 e. The maximum absolute atomic E-state index is 2.48. The van der Waals surface area contributed by atoms with Crippen molar-refractivity contribution in [2.45, 2.75) is 26.7 Å². The zero-order chi connectivity index (χ0) is 46.8. The van der Waals surface area contributed by atoms with Crippen LogP contribution in [-0.2, 0) is 12.8 Å². The van der Waals surface area contributed by atoms with Crippen molar-refractivity contribution in [2.75, 3.05) is 0 Å². The van der Waals surface area contributed by atoms with Gasteiger partial charge in [-0.25, -0.2) is 0 Å². The second-order valence-electron chi connectivity index (χ2n) is 20.9. The third kappa shape index (κ3) is 4.25. The van der Waals surface area contributed by atoms with Crippen molar-refractivity contribution in [1.29, 1.82) is 0 Å². The van der Waals surface area contributed by atoms with Crippen molar-refractivity contribution in [3.05, 3.63) is 205 Å².